The Morgan fingerprint density at radius 3 is 0.400 bits per heavy atom. The SMILES string of the molecule is I.I.I.I.[Al]. The van der Waals surface area contributed by atoms with E-state index in [1.54, 1.807) is 0 Å². The van der Waals surface area contributed by atoms with E-state index in [0.29, 0.717) is 0 Å². The summed E-state index contributed by atoms with van der Waals surface area (Å²) in [6.07, 6.45) is 0. The molecule has 0 atom stereocenters. The first-order valence-corrected chi connectivity index (χ1v) is 0. The minimum absolute atomic E-state index is 0. The Labute approximate surface area is 111 Å². The summed E-state index contributed by atoms with van der Waals surface area (Å²) in [5.41, 5.74) is 0. The Hall–Kier alpha value is 3.45. The van der Waals surface area contributed by atoms with Crippen LogP contribution in [0, 0.1) is 0 Å². The molecule has 0 unspecified atom stereocenters. The van der Waals surface area contributed by atoms with Gasteiger partial charge in [-0.25, -0.2) is 0 Å². The lowest BCUT2D eigenvalue weighted by Crippen LogP contribution is -0.381. The summed E-state index contributed by atoms with van der Waals surface area (Å²) in [5, 5.41) is 0. The van der Waals surface area contributed by atoms with Gasteiger partial charge in [-0.15, -0.1) is 95.9 Å². The summed E-state index contributed by atoms with van der Waals surface area (Å²) in [4.78, 5) is 0. The van der Waals surface area contributed by atoms with Gasteiger partial charge in [0.25, 0.3) is 0 Å². The van der Waals surface area contributed by atoms with E-state index < -0.39 is 0 Å². The average Bonchev–Trinajstić information content (AvgIpc) is 0. The number of rotatable bonds is 0. The van der Waals surface area contributed by atoms with Crippen molar-refractivity contribution in [3.05, 3.63) is 0 Å². The van der Waals surface area contributed by atoms with Gasteiger partial charge in [-0.1, -0.05) is 0 Å². The van der Waals surface area contributed by atoms with Gasteiger partial charge in [-0.2, -0.15) is 0 Å². The van der Waals surface area contributed by atoms with Crippen LogP contribution in [0.1, 0.15) is 0 Å². The molecular weight excluding hydrogens is 535 g/mol. The van der Waals surface area contributed by atoms with Crippen molar-refractivity contribution < 1.29 is 0 Å². The van der Waals surface area contributed by atoms with Crippen molar-refractivity contribution in [2.45, 2.75) is 0 Å². The highest BCUT2D eigenvalue weighted by Gasteiger charge is 0.0000383. The first-order chi connectivity index (χ1) is 0. The van der Waals surface area contributed by atoms with Crippen LogP contribution < -0.4 is 0 Å². The van der Waals surface area contributed by atoms with Crippen LogP contribution in [0.5, 0.6) is 0 Å². The van der Waals surface area contributed by atoms with E-state index in [1.807, 2.05) is 0 Å². The van der Waals surface area contributed by atoms with Gasteiger partial charge in [0.05, 0.1) is 0 Å². The topological polar surface area (TPSA) is 0 Å². The average molecular weight is 539 g/mol. The number of halogens is 4. The van der Waals surface area contributed by atoms with Crippen molar-refractivity contribution >= 4 is 113 Å². The van der Waals surface area contributed by atoms with E-state index >= 15 is 0 Å². The van der Waals surface area contributed by atoms with Crippen LogP contribution in [-0.4, -0.2) is 17.4 Å². The summed E-state index contributed by atoms with van der Waals surface area (Å²) in [7, 11) is 0. The molecule has 0 aliphatic heterocycles. The van der Waals surface area contributed by atoms with Crippen molar-refractivity contribution in [2.75, 3.05) is 0 Å². The zero-order chi connectivity index (χ0) is 0. The molecular formula is H4AlI4. The van der Waals surface area contributed by atoms with Gasteiger partial charge in [-0.3, -0.25) is 0 Å². The van der Waals surface area contributed by atoms with Crippen LogP contribution in [0.15, 0.2) is 0 Å². The van der Waals surface area contributed by atoms with Crippen LogP contribution in [0.4, 0.5) is 0 Å². The summed E-state index contributed by atoms with van der Waals surface area (Å²) in [6.45, 7) is 0. The maximum absolute atomic E-state index is 0. The zero-order valence-corrected chi connectivity index (χ0v) is 12.7. The molecule has 0 spiro atoms. The van der Waals surface area contributed by atoms with E-state index in [2.05, 4.69) is 0 Å². The second kappa shape index (κ2) is 26.0. The van der Waals surface area contributed by atoms with Gasteiger partial charge >= 0.3 is 0 Å². The Balaban J connectivity index is 0. The molecule has 0 rings (SSSR count). The first-order valence-electron chi connectivity index (χ1n) is 0. The summed E-state index contributed by atoms with van der Waals surface area (Å²) in [5.74, 6) is 0. The molecule has 0 aromatic rings. The van der Waals surface area contributed by atoms with Crippen LogP contribution in [0.2, 0.25) is 0 Å². The molecule has 3 radical (unpaired) electrons. The Kier molecular flexibility index (Phi) is 205. The van der Waals surface area contributed by atoms with Crippen molar-refractivity contribution in [2.24, 2.45) is 0 Å². The Morgan fingerprint density at radius 2 is 0.400 bits per heavy atom. The lowest BCUT2D eigenvalue weighted by atomic mass is 27.0. The van der Waals surface area contributed by atoms with E-state index in [-0.39, 0.29) is 113 Å². The Morgan fingerprint density at radius 1 is 0.400 bits per heavy atom. The Bertz CT molecular complexity index is 3.61. The molecule has 0 nitrogen and oxygen atoms in total. The molecule has 0 aliphatic carbocycles. The molecule has 35 valence electrons. The zero-order valence-electron chi connectivity index (χ0n) is 2.21. The highest BCUT2D eigenvalue weighted by Crippen LogP contribution is 0.889. The largest absolute Gasteiger partial charge is 0.107 e. The van der Waals surface area contributed by atoms with E-state index in [0.717, 1.165) is 0 Å². The van der Waals surface area contributed by atoms with E-state index in [9.17, 15) is 0 Å². The highest BCUT2D eigenvalue weighted by molar-refractivity contribution is 14.0. The molecule has 0 saturated carbocycles. The fraction of sp³-hybridized carbons (Fsp3) is 0. The second-order valence-electron chi connectivity index (χ2n) is 0. The van der Waals surface area contributed by atoms with Gasteiger partial charge in [-0.05, 0) is 0 Å². The predicted molar refractivity (Wildman–Crippen MR) is 67.4 cm³/mol. The van der Waals surface area contributed by atoms with Crippen molar-refractivity contribution in [1.82, 2.24) is 0 Å². The number of hydrogen-bond acceptors (Lipinski definition) is 0. The lowest BCUT2D eigenvalue weighted by Gasteiger charge is -0.108. The maximum Gasteiger partial charge on any atom is 0 e. The molecule has 0 aliphatic rings. The minimum atomic E-state index is 0. The van der Waals surface area contributed by atoms with Crippen LogP contribution >= 0.6 is 95.9 Å². The van der Waals surface area contributed by atoms with Gasteiger partial charge in [0.2, 0.25) is 0 Å². The predicted octanol–water partition coefficient (Wildman–Crippen LogP) is 2.09. The van der Waals surface area contributed by atoms with Crippen LogP contribution in [-0.2, 0) is 0 Å². The molecule has 5 heavy (non-hydrogen) atoms. The van der Waals surface area contributed by atoms with E-state index in [4.69, 9.17) is 0 Å². The third-order valence-electron chi connectivity index (χ3n) is 0. The molecule has 0 amide bonds. The van der Waals surface area contributed by atoms with Crippen molar-refractivity contribution in [3.8, 4) is 0 Å². The maximum atomic E-state index is 0. The summed E-state index contributed by atoms with van der Waals surface area (Å²) < 4.78 is 0. The quantitative estimate of drug-likeness (QED) is 0.328. The van der Waals surface area contributed by atoms with Crippen molar-refractivity contribution in [3.63, 3.8) is 0 Å². The highest BCUT2D eigenvalue weighted by atomic mass is 127. The van der Waals surface area contributed by atoms with Gasteiger partial charge in [0.1, 0.15) is 0 Å². The monoisotopic (exact) mass is 539 g/mol. The smallest absolute Gasteiger partial charge is 0 e. The molecule has 0 saturated heterocycles. The van der Waals surface area contributed by atoms with Crippen LogP contribution in [0.3, 0.4) is 0 Å². The molecule has 0 bridgehead atoms. The first kappa shape index (κ1) is 39.4. The van der Waals surface area contributed by atoms with Gasteiger partial charge in [0.15, 0.2) is 0 Å². The molecule has 0 aromatic heterocycles. The van der Waals surface area contributed by atoms with Gasteiger partial charge < -0.3 is 0 Å². The summed E-state index contributed by atoms with van der Waals surface area (Å²) in [6, 6.07) is 0. The summed E-state index contributed by atoms with van der Waals surface area (Å²) >= 11 is 0. The van der Waals surface area contributed by atoms with Gasteiger partial charge in [0, 0.05) is 17.4 Å². The number of hydrogen-bond donors (Lipinski definition) is 0. The minimum Gasteiger partial charge on any atom is -0.107 e. The molecule has 0 fully saturated rings. The second-order valence-corrected chi connectivity index (χ2v) is 0. The fourth-order valence-corrected chi connectivity index (χ4v) is 0. The van der Waals surface area contributed by atoms with E-state index in [1.165, 1.54) is 0 Å². The normalized spacial score (nSPS) is 0. The third kappa shape index (κ3) is 18.6. The lowest BCUT2D eigenvalue weighted by molar-refractivity contribution is 5.75. The standard InChI is InChI=1S/Al.4HI/h;4*1H. The molecule has 0 aromatic carbocycles. The third-order valence-corrected chi connectivity index (χ3v) is 0. The molecule has 0 N–H and O–H groups in total. The molecule has 5 heteroatoms. The fourth-order valence-electron chi connectivity index (χ4n) is 0. The molecule has 0 heterocycles. The van der Waals surface area contributed by atoms with Crippen LogP contribution in [0.25, 0.3) is 0 Å². The van der Waals surface area contributed by atoms with Crippen molar-refractivity contribution in [1.29, 1.82) is 0 Å².